The molecule has 90 valence electrons. The Balaban J connectivity index is 2.11. The van der Waals surface area contributed by atoms with Gasteiger partial charge in [-0.3, -0.25) is 0 Å². The molecule has 0 atom stereocenters. The van der Waals surface area contributed by atoms with E-state index in [-0.39, 0.29) is 0 Å². The summed E-state index contributed by atoms with van der Waals surface area (Å²) in [5.74, 6) is 0.865. The molecule has 1 saturated heterocycles. The highest BCUT2D eigenvalue weighted by Gasteiger charge is 2.24. The normalized spacial score (nSPS) is 22.2. The molecule has 0 amide bonds. The molecule has 0 bridgehead atoms. The van der Waals surface area contributed by atoms with Crippen LogP contribution in [-0.2, 0) is 0 Å². The van der Waals surface area contributed by atoms with E-state index in [0.29, 0.717) is 5.54 Å². The van der Waals surface area contributed by atoms with Crippen LogP contribution in [0.4, 0.5) is 0 Å². The second-order valence-electron chi connectivity index (χ2n) is 5.98. The highest BCUT2D eigenvalue weighted by atomic mass is 15.2. The Hall–Kier alpha value is -0.0800. The molecule has 1 fully saturated rings. The fourth-order valence-corrected chi connectivity index (χ4v) is 2.33. The van der Waals surface area contributed by atoms with Crippen LogP contribution in [0.25, 0.3) is 0 Å². The van der Waals surface area contributed by atoms with Crippen molar-refractivity contribution >= 4 is 0 Å². The molecule has 1 rings (SSSR count). The first-order chi connectivity index (χ1) is 6.99. The molecule has 0 aromatic carbocycles. The van der Waals surface area contributed by atoms with Crippen LogP contribution in [0.15, 0.2) is 0 Å². The van der Waals surface area contributed by atoms with E-state index in [1.807, 2.05) is 0 Å². The second-order valence-corrected chi connectivity index (χ2v) is 5.98. The van der Waals surface area contributed by atoms with Gasteiger partial charge in [0.05, 0.1) is 0 Å². The minimum atomic E-state index is 0.316. The molecule has 0 radical (unpaired) electrons. The first kappa shape index (κ1) is 13.0. The number of rotatable bonds is 5. The summed E-state index contributed by atoms with van der Waals surface area (Å²) in [5.41, 5.74) is 0.316. The van der Waals surface area contributed by atoms with Gasteiger partial charge in [0.15, 0.2) is 0 Å². The Labute approximate surface area is 95.4 Å². The molecule has 2 heteroatoms. The van der Waals surface area contributed by atoms with E-state index in [4.69, 9.17) is 0 Å². The van der Waals surface area contributed by atoms with Crippen LogP contribution >= 0.6 is 0 Å². The van der Waals surface area contributed by atoms with Crippen LogP contribution in [0.2, 0.25) is 0 Å². The summed E-state index contributed by atoms with van der Waals surface area (Å²) in [5, 5.41) is 3.56. The SMILES string of the molecule is CC(C)CCCCN1CCNC(C)(C)C1. The van der Waals surface area contributed by atoms with Crippen molar-refractivity contribution in [2.45, 2.75) is 52.5 Å². The van der Waals surface area contributed by atoms with Gasteiger partial charge < -0.3 is 10.2 Å². The molecule has 2 nitrogen and oxygen atoms in total. The zero-order chi connectivity index (χ0) is 11.3. The number of hydrogen-bond acceptors (Lipinski definition) is 2. The van der Waals surface area contributed by atoms with Crippen molar-refractivity contribution in [3.05, 3.63) is 0 Å². The number of nitrogens with one attached hydrogen (secondary N) is 1. The molecular weight excluding hydrogens is 184 g/mol. The van der Waals surface area contributed by atoms with Gasteiger partial charge in [-0.2, -0.15) is 0 Å². The molecule has 0 saturated carbocycles. The van der Waals surface area contributed by atoms with Crippen LogP contribution in [0.5, 0.6) is 0 Å². The summed E-state index contributed by atoms with van der Waals surface area (Å²) in [6, 6.07) is 0. The Morgan fingerprint density at radius 2 is 2.00 bits per heavy atom. The van der Waals surface area contributed by atoms with Gasteiger partial charge in [0.1, 0.15) is 0 Å². The Morgan fingerprint density at radius 1 is 1.27 bits per heavy atom. The lowest BCUT2D eigenvalue weighted by Crippen LogP contribution is -2.57. The van der Waals surface area contributed by atoms with Crippen molar-refractivity contribution < 1.29 is 0 Å². The summed E-state index contributed by atoms with van der Waals surface area (Å²) in [6.07, 6.45) is 4.14. The first-order valence-electron chi connectivity index (χ1n) is 6.47. The maximum Gasteiger partial charge on any atom is 0.0252 e. The lowest BCUT2D eigenvalue weighted by Gasteiger charge is -2.39. The van der Waals surface area contributed by atoms with Gasteiger partial charge in [-0.1, -0.05) is 26.7 Å². The van der Waals surface area contributed by atoms with Crippen LogP contribution in [-0.4, -0.2) is 36.6 Å². The maximum atomic E-state index is 3.56. The van der Waals surface area contributed by atoms with Gasteiger partial charge in [-0.25, -0.2) is 0 Å². The quantitative estimate of drug-likeness (QED) is 0.704. The van der Waals surface area contributed by atoms with Crippen molar-refractivity contribution in [3.8, 4) is 0 Å². The molecule has 1 N–H and O–H groups in total. The molecule has 0 spiro atoms. The minimum Gasteiger partial charge on any atom is -0.309 e. The molecule has 0 unspecified atom stereocenters. The van der Waals surface area contributed by atoms with E-state index in [1.165, 1.54) is 38.9 Å². The standard InChI is InChI=1S/C13H28N2/c1-12(2)7-5-6-9-15-10-8-14-13(3,4)11-15/h12,14H,5-11H2,1-4H3. The van der Waals surface area contributed by atoms with Crippen molar-refractivity contribution in [2.75, 3.05) is 26.2 Å². The van der Waals surface area contributed by atoms with Gasteiger partial charge in [-0.05, 0) is 32.7 Å². The summed E-state index contributed by atoms with van der Waals surface area (Å²) in [6.45, 7) is 14.1. The molecule has 0 aromatic rings. The monoisotopic (exact) mass is 212 g/mol. The predicted octanol–water partition coefficient (Wildman–Crippen LogP) is 2.50. The van der Waals surface area contributed by atoms with Crippen LogP contribution in [0, 0.1) is 5.92 Å². The Bertz CT molecular complexity index is 175. The second kappa shape index (κ2) is 5.86. The third kappa shape index (κ3) is 5.53. The lowest BCUT2D eigenvalue weighted by atomic mass is 10.0. The Morgan fingerprint density at radius 3 is 2.60 bits per heavy atom. The van der Waals surface area contributed by atoms with Crippen LogP contribution in [0.3, 0.4) is 0 Å². The van der Waals surface area contributed by atoms with Gasteiger partial charge in [0, 0.05) is 25.2 Å². The summed E-state index contributed by atoms with van der Waals surface area (Å²) >= 11 is 0. The largest absolute Gasteiger partial charge is 0.309 e. The van der Waals surface area contributed by atoms with E-state index < -0.39 is 0 Å². The fourth-order valence-electron chi connectivity index (χ4n) is 2.33. The van der Waals surface area contributed by atoms with E-state index in [2.05, 4.69) is 37.9 Å². The van der Waals surface area contributed by atoms with Crippen molar-refractivity contribution in [1.29, 1.82) is 0 Å². The van der Waals surface area contributed by atoms with E-state index in [1.54, 1.807) is 0 Å². The fraction of sp³-hybridized carbons (Fsp3) is 1.00. The summed E-state index contributed by atoms with van der Waals surface area (Å²) in [4.78, 5) is 2.61. The Kier molecular flexibility index (Phi) is 5.07. The first-order valence-corrected chi connectivity index (χ1v) is 6.47. The molecule has 0 aliphatic carbocycles. The van der Waals surface area contributed by atoms with Crippen molar-refractivity contribution in [1.82, 2.24) is 10.2 Å². The number of nitrogens with zero attached hydrogens (tertiary/aromatic N) is 1. The minimum absolute atomic E-state index is 0.316. The van der Waals surface area contributed by atoms with E-state index >= 15 is 0 Å². The van der Waals surface area contributed by atoms with E-state index in [9.17, 15) is 0 Å². The molecule has 1 aliphatic rings. The average molecular weight is 212 g/mol. The third-order valence-corrected chi connectivity index (χ3v) is 3.16. The summed E-state index contributed by atoms with van der Waals surface area (Å²) in [7, 11) is 0. The molecule has 1 heterocycles. The number of hydrogen-bond donors (Lipinski definition) is 1. The van der Waals surface area contributed by atoms with Crippen molar-refractivity contribution in [3.63, 3.8) is 0 Å². The third-order valence-electron chi connectivity index (χ3n) is 3.16. The lowest BCUT2D eigenvalue weighted by molar-refractivity contribution is 0.152. The summed E-state index contributed by atoms with van der Waals surface area (Å²) < 4.78 is 0. The van der Waals surface area contributed by atoms with Gasteiger partial charge in [0.25, 0.3) is 0 Å². The van der Waals surface area contributed by atoms with Gasteiger partial charge in [0.2, 0.25) is 0 Å². The van der Waals surface area contributed by atoms with E-state index in [0.717, 1.165) is 12.5 Å². The van der Waals surface area contributed by atoms with Gasteiger partial charge in [-0.15, -0.1) is 0 Å². The zero-order valence-corrected chi connectivity index (χ0v) is 11.0. The molecule has 1 aliphatic heterocycles. The molecular formula is C13H28N2. The highest BCUT2D eigenvalue weighted by molar-refractivity contribution is 4.86. The van der Waals surface area contributed by atoms with Crippen LogP contribution in [0.1, 0.15) is 47.0 Å². The molecule has 0 aromatic heterocycles. The van der Waals surface area contributed by atoms with Crippen molar-refractivity contribution in [2.24, 2.45) is 5.92 Å². The number of unbranched alkanes of at least 4 members (excludes halogenated alkanes) is 1. The predicted molar refractivity (Wildman–Crippen MR) is 67.2 cm³/mol. The highest BCUT2D eigenvalue weighted by Crippen LogP contribution is 2.12. The smallest absolute Gasteiger partial charge is 0.0252 e. The molecule has 15 heavy (non-hydrogen) atoms. The number of piperazine rings is 1. The topological polar surface area (TPSA) is 15.3 Å². The zero-order valence-electron chi connectivity index (χ0n) is 11.0. The maximum absolute atomic E-state index is 3.56. The van der Waals surface area contributed by atoms with Gasteiger partial charge >= 0.3 is 0 Å². The van der Waals surface area contributed by atoms with Crippen LogP contribution < -0.4 is 5.32 Å². The average Bonchev–Trinajstić information content (AvgIpc) is 2.10.